The lowest BCUT2D eigenvalue weighted by atomic mass is 9.84. The molecule has 0 unspecified atom stereocenters. The van der Waals surface area contributed by atoms with Crippen LogP contribution in [-0.2, 0) is 14.4 Å². The number of amides is 2. The second kappa shape index (κ2) is 6.35. The molecule has 3 aromatic carbocycles. The average molecular weight is 409 g/mol. The van der Waals surface area contributed by atoms with Gasteiger partial charge in [-0.2, -0.15) is 5.10 Å². The van der Waals surface area contributed by atoms with E-state index in [1.165, 1.54) is 11.8 Å². The Labute approximate surface area is 178 Å². The summed E-state index contributed by atoms with van der Waals surface area (Å²) in [4.78, 5) is 41.2. The molecule has 0 bridgehead atoms. The summed E-state index contributed by atoms with van der Waals surface area (Å²) < 4.78 is 0. The van der Waals surface area contributed by atoms with E-state index in [9.17, 15) is 14.4 Å². The van der Waals surface area contributed by atoms with E-state index in [-0.39, 0.29) is 17.6 Å². The van der Waals surface area contributed by atoms with E-state index >= 15 is 0 Å². The third-order valence-corrected chi connectivity index (χ3v) is 6.70. The first-order valence-corrected chi connectivity index (χ1v) is 10.3. The van der Waals surface area contributed by atoms with Gasteiger partial charge < -0.3 is 0 Å². The molecule has 2 fully saturated rings. The van der Waals surface area contributed by atoms with Crippen LogP contribution in [0.3, 0.4) is 0 Å². The molecule has 0 radical (unpaired) electrons. The number of fused-ring (bicyclic) bond motifs is 6. The molecule has 0 saturated carbocycles. The molecule has 152 valence electrons. The number of anilines is 1. The molecule has 0 spiro atoms. The fourth-order valence-corrected chi connectivity index (χ4v) is 5.39. The Morgan fingerprint density at radius 3 is 2.39 bits per heavy atom. The number of nitrogens with zero attached hydrogens (tertiary/aromatic N) is 3. The quantitative estimate of drug-likeness (QED) is 0.609. The van der Waals surface area contributed by atoms with Gasteiger partial charge in [0.25, 0.3) is 0 Å². The van der Waals surface area contributed by atoms with Gasteiger partial charge >= 0.3 is 0 Å². The van der Waals surface area contributed by atoms with E-state index in [0.29, 0.717) is 5.69 Å². The van der Waals surface area contributed by atoms with Crippen LogP contribution in [0.5, 0.6) is 0 Å². The Balaban J connectivity index is 1.49. The fraction of sp³-hybridized carbons (Fsp3) is 0.200. The van der Waals surface area contributed by atoms with Crippen molar-refractivity contribution in [3.8, 4) is 0 Å². The number of hydrogen-bond acceptors (Lipinski definition) is 5. The van der Waals surface area contributed by atoms with E-state index in [1.54, 1.807) is 17.3 Å². The number of ketones is 1. The predicted octanol–water partition coefficient (Wildman–Crippen LogP) is 3.31. The second-order valence-corrected chi connectivity index (χ2v) is 8.35. The van der Waals surface area contributed by atoms with Crippen molar-refractivity contribution in [2.24, 2.45) is 16.9 Å². The monoisotopic (exact) mass is 409 g/mol. The number of carbonyl (C=O) groups excluding carboxylic acids is 3. The number of carbonyl (C=O) groups is 3. The minimum Gasteiger partial charge on any atom is -0.298 e. The molecular weight excluding hydrogens is 390 g/mol. The van der Waals surface area contributed by atoms with Crippen molar-refractivity contribution in [1.82, 2.24) is 5.01 Å². The maximum absolute atomic E-state index is 13.7. The zero-order valence-corrected chi connectivity index (χ0v) is 16.8. The van der Waals surface area contributed by atoms with E-state index < -0.39 is 23.9 Å². The van der Waals surface area contributed by atoms with Gasteiger partial charge in [-0.1, -0.05) is 54.6 Å². The summed E-state index contributed by atoms with van der Waals surface area (Å²) in [6.45, 7) is 1.47. The van der Waals surface area contributed by atoms with Crippen LogP contribution in [0.2, 0.25) is 0 Å². The number of hydrogen-bond donors (Lipinski definition) is 0. The smallest absolute Gasteiger partial charge is 0.240 e. The summed E-state index contributed by atoms with van der Waals surface area (Å²) in [6, 6.07) is 19.9. The first-order chi connectivity index (χ1) is 15.1. The molecule has 3 aliphatic heterocycles. The lowest BCUT2D eigenvalue weighted by Gasteiger charge is -2.33. The molecule has 3 aromatic rings. The molecule has 6 nitrogen and oxygen atoms in total. The van der Waals surface area contributed by atoms with Gasteiger partial charge in [0.15, 0.2) is 5.78 Å². The van der Waals surface area contributed by atoms with Gasteiger partial charge in [0.1, 0.15) is 6.04 Å². The second-order valence-electron chi connectivity index (χ2n) is 8.35. The van der Waals surface area contributed by atoms with Crippen LogP contribution in [0.4, 0.5) is 5.69 Å². The third kappa shape index (κ3) is 2.39. The van der Waals surface area contributed by atoms with Crippen molar-refractivity contribution in [2.45, 2.75) is 19.0 Å². The largest absolute Gasteiger partial charge is 0.298 e. The maximum Gasteiger partial charge on any atom is 0.240 e. The summed E-state index contributed by atoms with van der Waals surface area (Å²) in [7, 11) is 0. The molecule has 3 heterocycles. The van der Waals surface area contributed by atoms with Crippen molar-refractivity contribution in [3.63, 3.8) is 0 Å². The van der Waals surface area contributed by atoms with Crippen molar-refractivity contribution in [2.75, 3.05) is 4.90 Å². The molecule has 4 atom stereocenters. The van der Waals surface area contributed by atoms with E-state index in [0.717, 1.165) is 21.9 Å². The number of rotatable bonds is 2. The van der Waals surface area contributed by atoms with E-state index in [1.807, 2.05) is 60.7 Å². The number of hydrazone groups is 1. The van der Waals surface area contributed by atoms with Crippen LogP contribution in [-0.4, -0.2) is 34.9 Å². The molecule has 31 heavy (non-hydrogen) atoms. The van der Waals surface area contributed by atoms with Crippen molar-refractivity contribution >= 4 is 40.3 Å². The standard InChI is InChI=1S/C25H19N3O3/c1-14(29)22-20-21(23-19-9-5-4-8-17(19)13-26-28(22)23)25(31)27(24(20)30)18-11-10-15-6-2-3-7-16(15)12-18/h2-13,20-23H,1H3/t20-,21-,22+,23+/m0/s1. The van der Waals surface area contributed by atoms with Gasteiger partial charge in [-0.3, -0.25) is 19.4 Å². The lowest BCUT2D eigenvalue weighted by molar-refractivity contribution is -0.129. The Morgan fingerprint density at radius 2 is 1.58 bits per heavy atom. The van der Waals surface area contributed by atoms with Crippen molar-refractivity contribution < 1.29 is 14.4 Å². The highest BCUT2D eigenvalue weighted by molar-refractivity contribution is 6.24. The molecule has 2 saturated heterocycles. The van der Waals surface area contributed by atoms with E-state index in [4.69, 9.17) is 0 Å². The SMILES string of the molecule is CC(=O)[C@@H]1[C@H]2C(=O)N(c3ccc4ccccc4c3)C(=O)[C@@H]2[C@H]2c3ccccc3C=NN12. The van der Waals surface area contributed by atoms with Crippen LogP contribution in [0.15, 0.2) is 71.8 Å². The minimum absolute atomic E-state index is 0.157. The Kier molecular flexibility index (Phi) is 3.69. The Hall–Kier alpha value is -3.80. The maximum atomic E-state index is 13.7. The summed E-state index contributed by atoms with van der Waals surface area (Å²) in [6.07, 6.45) is 1.71. The molecule has 6 heteroatoms. The summed E-state index contributed by atoms with van der Waals surface area (Å²) >= 11 is 0. The molecule has 3 aliphatic rings. The van der Waals surface area contributed by atoms with Gasteiger partial charge in [0.2, 0.25) is 11.8 Å². The Morgan fingerprint density at radius 1 is 0.871 bits per heavy atom. The van der Waals surface area contributed by atoms with Crippen LogP contribution in [0, 0.1) is 11.8 Å². The van der Waals surface area contributed by atoms with Gasteiger partial charge in [0.05, 0.1) is 29.8 Å². The minimum atomic E-state index is -0.749. The zero-order chi connectivity index (χ0) is 21.3. The summed E-state index contributed by atoms with van der Waals surface area (Å²) in [5.41, 5.74) is 2.39. The normalized spacial score (nSPS) is 26.2. The van der Waals surface area contributed by atoms with Gasteiger partial charge in [-0.05, 0) is 41.0 Å². The summed E-state index contributed by atoms with van der Waals surface area (Å²) in [5, 5.41) is 8.15. The van der Waals surface area contributed by atoms with Crippen LogP contribution < -0.4 is 4.90 Å². The van der Waals surface area contributed by atoms with Crippen LogP contribution in [0.1, 0.15) is 24.1 Å². The predicted molar refractivity (Wildman–Crippen MR) is 117 cm³/mol. The highest BCUT2D eigenvalue weighted by atomic mass is 16.2. The number of Topliss-reactive ketones (excluding diaryl/α,β-unsaturated/α-hetero) is 1. The fourth-order valence-electron chi connectivity index (χ4n) is 5.39. The molecule has 0 N–H and O–H groups in total. The molecule has 2 amide bonds. The third-order valence-electron chi connectivity index (χ3n) is 6.70. The van der Waals surface area contributed by atoms with E-state index in [2.05, 4.69) is 5.10 Å². The van der Waals surface area contributed by atoms with Gasteiger partial charge in [0, 0.05) is 0 Å². The highest BCUT2D eigenvalue weighted by Gasteiger charge is 2.64. The Bertz CT molecular complexity index is 1310. The molecular formula is C25H19N3O3. The highest BCUT2D eigenvalue weighted by Crippen LogP contribution is 2.52. The molecule has 0 aromatic heterocycles. The van der Waals surface area contributed by atoms with Gasteiger partial charge in [-0.25, -0.2) is 4.90 Å². The molecule has 6 rings (SSSR count). The molecule has 0 aliphatic carbocycles. The van der Waals surface area contributed by atoms with Crippen molar-refractivity contribution in [1.29, 1.82) is 0 Å². The van der Waals surface area contributed by atoms with Crippen LogP contribution >= 0.6 is 0 Å². The zero-order valence-electron chi connectivity index (χ0n) is 16.8. The number of benzene rings is 3. The first-order valence-electron chi connectivity index (χ1n) is 10.3. The number of imide groups is 1. The average Bonchev–Trinajstić information content (AvgIpc) is 3.26. The van der Waals surface area contributed by atoms with Gasteiger partial charge in [-0.15, -0.1) is 0 Å². The lowest BCUT2D eigenvalue weighted by Crippen LogP contribution is -2.43. The first kappa shape index (κ1) is 18.0. The summed E-state index contributed by atoms with van der Waals surface area (Å²) in [5.74, 6) is -2.14. The topological polar surface area (TPSA) is 70.0 Å². The van der Waals surface area contributed by atoms with Crippen molar-refractivity contribution in [3.05, 3.63) is 77.9 Å². The van der Waals surface area contributed by atoms with Crippen LogP contribution in [0.25, 0.3) is 10.8 Å².